The fourth-order valence-corrected chi connectivity index (χ4v) is 0.908. The number of carboxylic acids is 1. The molecule has 0 fully saturated rings. The minimum atomic E-state index is -0.992. The third-order valence-electron chi connectivity index (χ3n) is 2.44. The molecule has 0 rings (SSSR count). The van der Waals surface area contributed by atoms with E-state index in [9.17, 15) is 4.79 Å². The molecule has 1 unspecified atom stereocenters. The van der Waals surface area contributed by atoms with Crippen LogP contribution in [0.4, 0.5) is 0 Å². The van der Waals surface area contributed by atoms with Crippen LogP contribution in [0.5, 0.6) is 0 Å². The molecule has 4 heteroatoms. The van der Waals surface area contributed by atoms with Crippen LogP contribution in [0, 0.1) is 0 Å². The van der Waals surface area contributed by atoms with Crippen LogP contribution < -0.4 is 0 Å². The molecule has 0 spiro atoms. The van der Waals surface area contributed by atoms with E-state index in [1.807, 2.05) is 83.1 Å². The van der Waals surface area contributed by atoms with Crippen molar-refractivity contribution in [3.05, 3.63) is 47.6 Å². The third-order valence-corrected chi connectivity index (χ3v) is 2.44. The molecule has 0 aliphatic carbocycles. The Morgan fingerprint density at radius 2 is 0.909 bits per heavy atom. The Balaban J connectivity index is -0.000000119. The van der Waals surface area contributed by atoms with Gasteiger partial charge in [0.15, 0.2) is 6.10 Å². The number of allylic oxidation sites excluding steroid dienone is 5. The lowest BCUT2D eigenvalue weighted by molar-refractivity contribution is -0.171. The molecule has 1 atom stereocenters. The van der Waals surface area contributed by atoms with Crippen molar-refractivity contribution in [1.29, 1.82) is 0 Å². The maximum Gasteiger partial charge on any atom is 0.335 e. The average molecular weight is 471 g/mol. The van der Waals surface area contributed by atoms with E-state index in [2.05, 4.69) is 47.4 Å². The highest BCUT2D eigenvalue weighted by Gasteiger charge is 2.26. The van der Waals surface area contributed by atoms with E-state index in [0.717, 1.165) is 0 Å². The van der Waals surface area contributed by atoms with Gasteiger partial charge in [-0.25, -0.2) is 4.79 Å². The number of hydrogen-bond donors (Lipinski definition) is 1. The molecule has 33 heavy (non-hydrogen) atoms. The van der Waals surface area contributed by atoms with Crippen molar-refractivity contribution in [2.45, 2.75) is 128 Å². The summed E-state index contributed by atoms with van der Waals surface area (Å²) in [5, 5.41) is 8.93. The van der Waals surface area contributed by atoms with Crippen LogP contribution in [0.15, 0.2) is 47.6 Å². The van der Waals surface area contributed by atoms with Gasteiger partial charge in [0, 0.05) is 0 Å². The lowest BCUT2D eigenvalue weighted by Crippen LogP contribution is -2.38. The van der Waals surface area contributed by atoms with Gasteiger partial charge in [-0.3, -0.25) is 0 Å². The number of aliphatic carboxylic acids is 1. The highest BCUT2D eigenvalue weighted by molar-refractivity contribution is 5.72. The fraction of sp³-hybridized carbons (Fsp3) is 0.690. The summed E-state index contributed by atoms with van der Waals surface area (Å²) in [6.07, 6.45) is -0.913. The van der Waals surface area contributed by atoms with E-state index in [4.69, 9.17) is 14.6 Å². The summed E-state index contributed by atoms with van der Waals surface area (Å²) in [5.41, 5.74) is 5.52. The van der Waals surface area contributed by atoms with Crippen LogP contribution in [0.25, 0.3) is 0 Å². The van der Waals surface area contributed by atoms with Gasteiger partial charge in [-0.1, -0.05) is 27.9 Å². The van der Waals surface area contributed by atoms with Crippen LogP contribution >= 0.6 is 0 Å². The van der Waals surface area contributed by atoms with Crippen molar-refractivity contribution in [3.8, 4) is 0 Å². The second-order valence-electron chi connectivity index (χ2n) is 11.1. The lowest BCUT2D eigenvalue weighted by Gasteiger charge is -2.27. The van der Waals surface area contributed by atoms with Gasteiger partial charge >= 0.3 is 5.97 Å². The van der Waals surface area contributed by atoms with Crippen LogP contribution in [0.1, 0.15) is 111 Å². The molecule has 0 bridgehead atoms. The first-order valence-corrected chi connectivity index (χ1v) is 11.4. The first kappa shape index (κ1) is 41.6. The SMILES string of the molecule is C=C(C)C.C=C(C)C.C=C(C)C.CC(C)(C)OCC(OC(C)(C)C)C(=O)O.CC(C)=C(C)C. The van der Waals surface area contributed by atoms with E-state index >= 15 is 0 Å². The third kappa shape index (κ3) is 81.0. The average Bonchev–Trinajstić information content (AvgIpc) is 2.48. The molecule has 0 aliphatic rings. The highest BCUT2D eigenvalue weighted by Crippen LogP contribution is 2.14. The topological polar surface area (TPSA) is 55.8 Å². The van der Waals surface area contributed by atoms with Gasteiger partial charge in [-0.05, 0) is 111 Å². The van der Waals surface area contributed by atoms with Crippen molar-refractivity contribution in [2.75, 3.05) is 6.61 Å². The molecule has 0 aliphatic heterocycles. The molecule has 0 aromatic carbocycles. The highest BCUT2D eigenvalue weighted by atomic mass is 16.6. The Hall–Kier alpha value is -1.65. The first-order valence-electron chi connectivity index (χ1n) is 11.4. The zero-order valence-electron chi connectivity index (χ0n) is 25.1. The molecule has 0 heterocycles. The van der Waals surface area contributed by atoms with Gasteiger partial charge < -0.3 is 14.6 Å². The van der Waals surface area contributed by atoms with Gasteiger partial charge in [0.25, 0.3) is 0 Å². The van der Waals surface area contributed by atoms with Crippen LogP contribution in [0.2, 0.25) is 0 Å². The predicted molar refractivity (Wildman–Crippen MR) is 149 cm³/mol. The van der Waals surface area contributed by atoms with Crippen molar-refractivity contribution in [2.24, 2.45) is 0 Å². The molecule has 0 aromatic rings. The zero-order valence-corrected chi connectivity index (χ0v) is 25.1. The quantitative estimate of drug-likeness (QED) is 0.416. The number of rotatable bonds is 4. The molecule has 1 N–H and O–H groups in total. The molecular formula is C29H58O4. The molecule has 0 amide bonds. The van der Waals surface area contributed by atoms with Gasteiger partial charge in [0.05, 0.1) is 17.8 Å². The maximum absolute atomic E-state index is 10.9. The van der Waals surface area contributed by atoms with Crippen molar-refractivity contribution in [1.82, 2.24) is 0 Å². The van der Waals surface area contributed by atoms with E-state index in [1.165, 1.54) is 27.9 Å². The minimum absolute atomic E-state index is 0.0656. The predicted octanol–water partition coefficient (Wildman–Crippen LogP) is 9.18. The van der Waals surface area contributed by atoms with E-state index < -0.39 is 17.7 Å². The number of carboxylic acid groups (broad SMARTS) is 1. The maximum atomic E-state index is 10.9. The van der Waals surface area contributed by atoms with Crippen molar-refractivity contribution >= 4 is 5.97 Å². The molecule has 0 saturated heterocycles. The Bertz CT molecular complexity index is 523. The molecule has 0 radical (unpaired) electrons. The fourth-order valence-electron chi connectivity index (χ4n) is 0.908. The second-order valence-corrected chi connectivity index (χ2v) is 11.1. The Morgan fingerprint density at radius 3 is 1.03 bits per heavy atom. The molecule has 0 saturated carbocycles. The Morgan fingerprint density at radius 1 is 0.667 bits per heavy atom. The normalized spacial score (nSPS) is 10.7. The van der Waals surface area contributed by atoms with Gasteiger partial charge in [0.2, 0.25) is 0 Å². The summed E-state index contributed by atoms with van der Waals surface area (Å²) in [6.45, 7) is 42.1. The Labute approximate surface area is 207 Å². The standard InChI is InChI=1S/C11H22O4.C6H12.3C4H8/c1-10(2,3)14-7-8(9(12)13)15-11(4,5)6;1-5(2)6(3)4;3*1-4(2)3/h8H,7H2,1-6H3,(H,12,13);1-4H3;3*1H2,2-3H3. The largest absolute Gasteiger partial charge is 0.479 e. The summed E-state index contributed by atoms with van der Waals surface area (Å²) in [4.78, 5) is 10.9. The van der Waals surface area contributed by atoms with Crippen LogP contribution in [-0.2, 0) is 14.3 Å². The minimum Gasteiger partial charge on any atom is -0.479 e. The van der Waals surface area contributed by atoms with Gasteiger partial charge in [-0.2, -0.15) is 0 Å². The molecule has 198 valence electrons. The van der Waals surface area contributed by atoms with E-state index in [1.54, 1.807) is 0 Å². The van der Waals surface area contributed by atoms with Gasteiger partial charge in [0.1, 0.15) is 0 Å². The van der Waals surface area contributed by atoms with Crippen molar-refractivity contribution < 1.29 is 19.4 Å². The molecule has 0 aromatic heterocycles. The zero-order chi connectivity index (χ0) is 28.2. The van der Waals surface area contributed by atoms with E-state index in [0.29, 0.717) is 0 Å². The molecule has 4 nitrogen and oxygen atoms in total. The molecular weight excluding hydrogens is 412 g/mol. The second kappa shape index (κ2) is 22.2. The summed E-state index contributed by atoms with van der Waals surface area (Å²) in [7, 11) is 0. The van der Waals surface area contributed by atoms with Crippen LogP contribution in [0.3, 0.4) is 0 Å². The summed E-state index contributed by atoms with van der Waals surface area (Å²) in [5.74, 6) is -0.992. The summed E-state index contributed by atoms with van der Waals surface area (Å²) < 4.78 is 10.8. The monoisotopic (exact) mass is 470 g/mol. The van der Waals surface area contributed by atoms with Crippen LogP contribution in [-0.4, -0.2) is 35.0 Å². The van der Waals surface area contributed by atoms with E-state index in [-0.39, 0.29) is 12.2 Å². The number of carbonyl (C=O) groups is 1. The number of ether oxygens (including phenoxy) is 2. The smallest absolute Gasteiger partial charge is 0.335 e. The lowest BCUT2D eigenvalue weighted by atomic mass is 10.1. The van der Waals surface area contributed by atoms with Crippen molar-refractivity contribution in [3.63, 3.8) is 0 Å². The first-order chi connectivity index (χ1) is 14.4. The summed E-state index contributed by atoms with van der Waals surface area (Å²) >= 11 is 0. The summed E-state index contributed by atoms with van der Waals surface area (Å²) in [6, 6.07) is 0. The van der Waals surface area contributed by atoms with Gasteiger partial charge in [-0.15, -0.1) is 19.7 Å². The number of hydrogen-bond acceptors (Lipinski definition) is 3. The Kier molecular flexibility index (Phi) is 27.9.